The fourth-order valence-corrected chi connectivity index (χ4v) is 3.64. The number of ether oxygens (including phenoxy) is 3. The maximum atomic E-state index is 6.06. The molecule has 0 aliphatic carbocycles. The van der Waals surface area contributed by atoms with Gasteiger partial charge in [-0.1, -0.05) is 5.92 Å². The van der Waals surface area contributed by atoms with E-state index in [-0.39, 0.29) is 12.2 Å². The summed E-state index contributed by atoms with van der Waals surface area (Å²) >= 11 is 0. The molecule has 2 aliphatic rings. The monoisotopic (exact) mass is 378 g/mol. The number of fused-ring (bicyclic) bond motifs is 2. The maximum Gasteiger partial charge on any atom is 0.167 e. The van der Waals surface area contributed by atoms with Crippen molar-refractivity contribution in [3.8, 4) is 12.3 Å². The molecule has 0 amide bonds. The van der Waals surface area contributed by atoms with E-state index in [9.17, 15) is 0 Å². The Morgan fingerprint density at radius 2 is 2.07 bits per heavy atom. The van der Waals surface area contributed by atoms with E-state index in [1.165, 1.54) is 6.33 Å². The lowest BCUT2D eigenvalue weighted by molar-refractivity contribution is -0.190. The molecule has 4 atom stereocenters. The van der Waals surface area contributed by atoms with Gasteiger partial charge in [-0.25, -0.2) is 15.0 Å². The molecule has 9 nitrogen and oxygen atoms in total. The van der Waals surface area contributed by atoms with Gasteiger partial charge in [-0.05, 0) is 26.0 Å². The Labute approximate surface area is 161 Å². The Balaban J connectivity index is 1.52. The molecule has 3 aromatic heterocycles. The lowest BCUT2D eigenvalue weighted by Gasteiger charge is -2.23. The summed E-state index contributed by atoms with van der Waals surface area (Å²) in [5, 5.41) is 3.21. The third-order valence-electron chi connectivity index (χ3n) is 4.75. The van der Waals surface area contributed by atoms with Gasteiger partial charge in [0, 0.05) is 6.20 Å². The summed E-state index contributed by atoms with van der Waals surface area (Å²) in [6.07, 6.45) is 10.5. The Bertz CT molecular complexity index is 1060. The highest BCUT2D eigenvalue weighted by molar-refractivity contribution is 5.85. The van der Waals surface area contributed by atoms with E-state index in [1.54, 1.807) is 18.7 Å². The van der Waals surface area contributed by atoms with Gasteiger partial charge in [0.05, 0.1) is 18.2 Å². The van der Waals surface area contributed by atoms with Gasteiger partial charge in [0.2, 0.25) is 0 Å². The van der Waals surface area contributed by atoms with Crippen LogP contribution in [0.5, 0.6) is 0 Å². The fraction of sp³-hybridized carbons (Fsp3) is 0.368. The molecule has 5 heterocycles. The van der Waals surface area contributed by atoms with Gasteiger partial charge >= 0.3 is 0 Å². The molecular weight excluding hydrogens is 360 g/mol. The smallest absolute Gasteiger partial charge is 0.167 e. The molecule has 0 spiro atoms. The number of terminal acetylenes is 1. The average molecular weight is 378 g/mol. The first-order chi connectivity index (χ1) is 13.6. The highest BCUT2D eigenvalue weighted by Gasteiger charge is 2.55. The molecule has 1 N–H and O–H groups in total. The van der Waals surface area contributed by atoms with Crippen molar-refractivity contribution in [2.24, 2.45) is 0 Å². The Morgan fingerprint density at radius 3 is 2.86 bits per heavy atom. The highest BCUT2D eigenvalue weighted by Crippen LogP contribution is 2.43. The largest absolute Gasteiger partial charge is 0.341 e. The van der Waals surface area contributed by atoms with E-state index in [0.29, 0.717) is 17.0 Å². The summed E-state index contributed by atoms with van der Waals surface area (Å²) in [5.41, 5.74) is 2.01. The van der Waals surface area contributed by atoms with Crippen LogP contribution in [0, 0.1) is 12.3 Å². The molecule has 0 unspecified atom stereocenters. The SMILES string of the molecule is C#C[C@H]1O[C@@H](n2cnc3c(Nc4cccnc4)ncnc32)[C@H]2OC(C)(C)O[C@@H]21. The molecule has 2 saturated heterocycles. The van der Waals surface area contributed by atoms with Crippen molar-refractivity contribution in [2.45, 2.75) is 44.2 Å². The average Bonchev–Trinajstić information content (AvgIpc) is 3.33. The maximum absolute atomic E-state index is 6.06. The van der Waals surface area contributed by atoms with Crippen LogP contribution in [-0.2, 0) is 14.2 Å². The molecule has 9 heteroatoms. The normalized spacial score (nSPS) is 28.2. The van der Waals surface area contributed by atoms with Crippen LogP contribution in [0.4, 0.5) is 11.5 Å². The number of nitrogens with zero attached hydrogens (tertiary/aromatic N) is 5. The Kier molecular flexibility index (Phi) is 3.80. The van der Waals surface area contributed by atoms with Gasteiger partial charge in [0.1, 0.15) is 24.6 Å². The van der Waals surface area contributed by atoms with E-state index < -0.39 is 18.1 Å². The van der Waals surface area contributed by atoms with E-state index in [2.05, 4.69) is 31.2 Å². The summed E-state index contributed by atoms with van der Waals surface area (Å²) in [6, 6.07) is 3.73. The predicted octanol–water partition coefficient (Wildman–Crippen LogP) is 2.02. The molecular formula is C19H18N6O3. The zero-order valence-corrected chi connectivity index (χ0v) is 15.3. The lowest BCUT2D eigenvalue weighted by Crippen LogP contribution is -2.28. The number of imidazole rings is 1. The van der Waals surface area contributed by atoms with Crippen molar-refractivity contribution in [1.82, 2.24) is 24.5 Å². The molecule has 3 aromatic rings. The first-order valence-electron chi connectivity index (χ1n) is 8.87. The number of pyridine rings is 1. The molecule has 2 aliphatic heterocycles. The first-order valence-corrected chi connectivity index (χ1v) is 8.87. The van der Waals surface area contributed by atoms with Crippen LogP contribution in [0.1, 0.15) is 20.1 Å². The van der Waals surface area contributed by atoms with Crippen LogP contribution >= 0.6 is 0 Å². The summed E-state index contributed by atoms with van der Waals surface area (Å²) in [6.45, 7) is 3.72. The van der Waals surface area contributed by atoms with E-state index in [4.69, 9.17) is 20.6 Å². The number of rotatable bonds is 3. The van der Waals surface area contributed by atoms with Crippen LogP contribution in [0.25, 0.3) is 11.2 Å². The van der Waals surface area contributed by atoms with Crippen LogP contribution < -0.4 is 5.32 Å². The van der Waals surface area contributed by atoms with Gasteiger partial charge in [0.25, 0.3) is 0 Å². The van der Waals surface area contributed by atoms with E-state index >= 15 is 0 Å². The summed E-state index contributed by atoms with van der Waals surface area (Å²) in [7, 11) is 0. The van der Waals surface area contributed by atoms with Crippen LogP contribution in [0.15, 0.2) is 37.2 Å². The molecule has 0 bridgehead atoms. The Hall–Kier alpha value is -3.06. The second-order valence-corrected chi connectivity index (χ2v) is 7.09. The van der Waals surface area contributed by atoms with Gasteiger partial charge < -0.3 is 19.5 Å². The molecule has 5 rings (SSSR count). The molecule has 0 saturated carbocycles. The van der Waals surface area contributed by atoms with Crippen molar-refractivity contribution in [3.05, 3.63) is 37.2 Å². The number of aromatic nitrogens is 5. The number of nitrogens with one attached hydrogen (secondary N) is 1. The minimum Gasteiger partial charge on any atom is -0.341 e. The third-order valence-corrected chi connectivity index (χ3v) is 4.75. The predicted molar refractivity (Wildman–Crippen MR) is 99.4 cm³/mol. The molecule has 2 fully saturated rings. The highest BCUT2D eigenvalue weighted by atomic mass is 16.8. The third kappa shape index (κ3) is 2.70. The quantitative estimate of drug-likeness (QED) is 0.692. The summed E-state index contributed by atoms with van der Waals surface area (Å²) < 4.78 is 19.8. The standard InChI is InChI=1S/C19H18N6O3/c1-4-12-14-15(28-19(2,3)27-14)18(26-12)25-10-23-13-16(21-9-22-17(13)25)24-11-6-5-7-20-8-11/h1,5-10,12,14-15,18H,2-3H3,(H,21,22,24)/t12-,14-,15+,18-/m1/s1. The minimum absolute atomic E-state index is 0.350. The number of anilines is 2. The molecule has 142 valence electrons. The summed E-state index contributed by atoms with van der Waals surface area (Å²) in [4.78, 5) is 17.3. The van der Waals surface area contributed by atoms with Gasteiger partial charge in [-0.2, -0.15) is 0 Å². The van der Waals surface area contributed by atoms with Crippen molar-refractivity contribution < 1.29 is 14.2 Å². The van der Waals surface area contributed by atoms with Crippen LogP contribution in [0.3, 0.4) is 0 Å². The zero-order chi connectivity index (χ0) is 19.3. The van der Waals surface area contributed by atoms with Crippen molar-refractivity contribution in [1.29, 1.82) is 0 Å². The molecule has 28 heavy (non-hydrogen) atoms. The second kappa shape index (κ2) is 6.24. The summed E-state index contributed by atoms with van der Waals surface area (Å²) in [5.74, 6) is 2.49. The Morgan fingerprint density at radius 1 is 1.21 bits per heavy atom. The molecule has 0 radical (unpaired) electrons. The number of hydrogen-bond donors (Lipinski definition) is 1. The van der Waals surface area contributed by atoms with Gasteiger partial charge in [-0.3, -0.25) is 9.55 Å². The first kappa shape index (κ1) is 17.1. The minimum atomic E-state index is -0.731. The second-order valence-electron chi connectivity index (χ2n) is 7.09. The van der Waals surface area contributed by atoms with Gasteiger partial charge in [-0.15, -0.1) is 6.42 Å². The van der Waals surface area contributed by atoms with E-state index in [1.807, 2.05) is 30.5 Å². The van der Waals surface area contributed by atoms with Crippen molar-refractivity contribution in [3.63, 3.8) is 0 Å². The van der Waals surface area contributed by atoms with Crippen molar-refractivity contribution in [2.75, 3.05) is 5.32 Å². The topological polar surface area (TPSA) is 96.2 Å². The fourth-order valence-electron chi connectivity index (χ4n) is 3.64. The van der Waals surface area contributed by atoms with Crippen LogP contribution in [-0.4, -0.2) is 48.6 Å². The zero-order valence-electron chi connectivity index (χ0n) is 15.3. The lowest BCUT2D eigenvalue weighted by atomic mass is 10.1. The van der Waals surface area contributed by atoms with Crippen molar-refractivity contribution >= 4 is 22.7 Å². The van der Waals surface area contributed by atoms with Gasteiger partial charge in [0.15, 0.2) is 29.0 Å². The number of hydrogen-bond acceptors (Lipinski definition) is 8. The van der Waals surface area contributed by atoms with Crippen LogP contribution in [0.2, 0.25) is 0 Å². The van der Waals surface area contributed by atoms with E-state index in [0.717, 1.165) is 5.69 Å². The molecule has 0 aromatic carbocycles.